The van der Waals surface area contributed by atoms with Crippen molar-refractivity contribution in [2.24, 2.45) is 0 Å². The molecular weight excluding hydrogens is 571 g/mol. The molecule has 1 aliphatic carbocycles. The van der Waals surface area contributed by atoms with Gasteiger partial charge in [-0.15, -0.1) is 0 Å². The summed E-state index contributed by atoms with van der Waals surface area (Å²) in [5.74, 6) is 0.707. The molecule has 0 saturated carbocycles. The Morgan fingerprint density at radius 2 is 1.09 bits per heavy atom. The maximum Gasteiger partial charge on any atom is 0.160 e. The molecule has 0 amide bonds. The third-order valence-electron chi connectivity index (χ3n) is 9.67. The fraction of sp³-hybridized carbons (Fsp3) is 0.0682. The van der Waals surface area contributed by atoms with Crippen LogP contribution in [0.3, 0.4) is 0 Å². The molecule has 8 aromatic rings. The highest BCUT2D eigenvalue weighted by molar-refractivity contribution is 6.19. The smallest absolute Gasteiger partial charge is 0.160 e. The Morgan fingerprint density at radius 3 is 1.89 bits per heavy atom. The third-order valence-corrected chi connectivity index (χ3v) is 9.67. The lowest BCUT2D eigenvalue weighted by atomic mass is 9.81. The molecule has 0 spiro atoms. The van der Waals surface area contributed by atoms with E-state index in [9.17, 15) is 0 Å². The van der Waals surface area contributed by atoms with E-state index >= 15 is 0 Å². The van der Waals surface area contributed by atoms with Gasteiger partial charge in [-0.1, -0.05) is 147 Å². The summed E-state index contributed by atoms with van der Waals surface area (Å²) in [6.07, 6.45) is 0. The highest BCUT2D eigenvalue weighted by Gasteiger charge is 2.36. The van der Waals surface area contributed by atoms with Crippen LogP contribution in [0.5, 0.6) is 0 Å². The Labute approximate surface area is 274 Å². The molecule has 0 atom stereocenters. The number of nitrogens with zero attached hydrogens (tertiary/aromatic N) is 3. The lowest BCUT2D eigenvalue weighted by Crippen LogP contribution is -2.14. The van der Waals surface area contributed by atoms with Gasteiger partial charge in [0, 0.05) is 43.8 Å². The molecule has 47 heavy (non-hydrogen) atoms. The summed E-state index contributed by atoms with van der Waals surface area (Å²) in [5, 5.41) is 3.61. The summed E-state index contributed by atoms with van der Waals surface area (Å²) in [6.45, 7) is 4.68. The van der Waals surface area contributed by atoms with Gasteiger partial charge in [0.2, 0.25) is 0 Å². The molecule has 2 aromatic heterocycles. The molecule has 0 aliphatic heterocycles. The fourth-order valence-corrected chi connectivity index (χ4v) is 7.35. The van der Waals surface area contributed by atoms with Crippen LogP contribution in [0.2, 0.25) is 0 Å². The normalized spacial score (nSPS) is 13.1. The molecule has 0 bridgehead atoms. The van der Waals surface area contributed by atoms with Gasteiger partial charge < -0.3 is 0 Å². The van der Waals surface area contributed by atoms with E-state index in [4.69, 9.17) is 15.0 Å². The van der Waals surface area contributed by atoms with Gasteiger partial charge >= 0.3 is 0 Å². The molecule has 0 saturated heterocycles. The summed E-state index contributed by atoms with van der Waals surface area (Å²) in [4.78, 5) is 15.4. The second-order valence-corrected chi connectivity index (χ2v) is 12.8. The van der Waals surface area contributed by atoms with E-state index in [-0.39, 0.29) is 5.41 Å². The lowest BCUT2D eigenvalue weighted by molar-refractivity contribution is 0.661. The van der Waals surface area contributed by atoms with E-state index in [1.807, 2.05) is 36.4 Å². The summed E-state index contributed by atoms with van der Waals surface area (Å²) < 4.78 is 0. The number of aromatic nitrogens is 3. The monoisotopic (exact) mass is 601 g/mol. The number of rotatable bonds is 4. The van der Waals surface area contributed by atoms with Gasteiger partial charge in [0.1, 0.15) is 0 Å². The number of hydrogen-bond donors (Lipinski definition) is 0. The second kappa shape index (κ2) is 10.6. The van der Waals surface area contributed by atoms with Crippen molar-refractivity contribution in [1.29, 1.82) is 0 Å². The van der Waals surface area contributed by atoms with Gasteiger partial charge in [-0.25, -0.2) is 15.0 Å². The van der Waals surface area contributed by atoms with Gasteiger partial charge in [-0.2, -0.15) is 0 Å². The third kappa shape index (κ3) is 4.39. The highest BCUT2D eigenvalue weighted by atomic mass is 14.9. The van der Waals surface area contributed by atoms with E-state index in [0.29, 0.717) is 5.82 Å². The lowest BCUT2D eigenvalue weighted by Gasteiger charge is -2.22. The first kappa shape index (κ1) is 27.4. The van der Waals surface area contributed by atoms with Crippen molar-refractivity contribution in [1.82, 2.24) is 15.0 Å². The number of benzene rings is 6. The molecule has 2 heterocycles. The van der Waals surface area contributed by atoms with Crippen molar-refractivity contribution in [3.63, 3.8) is 0 Å². The van der Waals surface area contributed by atoms with Gasteiger partial charge in [0.05, 0.1) is 22.6 Å². The summed E-state index contributed by atoms with van der Waals surface area (Å²) >= 11 is 0. The second-order valence-electron chi connectivity index (χ2n) is 12.8. The van der Waals surface area contributed by atoms with Crippen molar-refractivity contribution in [3.05, 3.63) is 163 Å². The Balaban J connectivity index is 1.28. The SMILES string of the molecule is CC1(C)c2ccccc2-c2c1ccc1c(-c3cccc(-c4cc(-c5ccccc5)nc(-c5ccccc5)n4)c3)nc3ccccc3c21. The van der Waals surface area contributed by atoms with Gasteiger partial charge in [-0.05, 0) is 40.5 Å². The van der Waals surface area contributed by atoms with E-state index in [0.717, 1.165) is 50.2 Å². The first-order chi connectivity index (χ1) is 23.1. The molecular formula is C44H31N3. The number of fused-ring (bicyclic) bond motifs is 7. The van der Waals surface area contributed by atoms with E-state index in [2.05, 4.69) is 129 Å². The van der Waals surface area contributed by atoms with Crippen LogP contribution in [0.25, 0.3) is 78.0 Å². The summed E-state index contributed by atoms with van der Waals surface area (Å²) in [5.41, 5.74) is 13.2. The van der Waals surface area contributed by atoms with Crippen LogP contribution >= 0.6 is 0 Å². The Morgan fingerprint density at radius 1 is 0.447 bits per heavy atom. The minimum atomic E-state index is -0.0789. The zero-order valence-electron chi connectivity index (χ0n) is 26.3. The molecule has 1 aliphatic rings. The van der Waals surface area contributed by atoms with E-state index in [1.54, 1.807) is 0 Å². The Hall–Kier alpha value is -5.93. The van der Waals surface area contributed by atoms with Gasteiger partial charge in [0.15, 0.2) is 5.82 Å². The molecule has 6 aromatic carbocycles. The van der Waals surface area contributed by atoms with Crippen LogP contribution in [0.1, 0.15) is 25.0 Å². The zero-order valence-corrected chi connectivity index (χ0v) is 26.3. The topological polar surface area (TPSA) is 38.7 Å². The molecule has 0 unspecified atom stereocenters. The van der Waals surface area contributed by atoms with Crippen molar-refractivity contribution in [2.75, 3.05) is 0 Å². The maximum atomic E-state index is 5.32. The number of hydrogen-bond acceptors (Lipinski definition) is 3. The van der Waals surface area contributed by atoms with E-state index < -0.39 is 0 Å². The first-order valence-electron chi connectivity index (χ1n) is 16.1. The average molecular weight is 602 g/mol. The first-order valence-corrected chi connectivity index (χ1v) is 16.1. The van der Waals surface area contributed by atoms with Crippen molar-refractivity contribution in [3.8, 4) is 56.3 Å². The Bertz CT molecular complexity index is 2420. The van der Waals surface area contributed by atoms with Crippen molar-refractivity contribution < 1.29 is 0 Å². The van der Waals surface area contributed by atoms with Crippen LogP contribution < -0.4 is 0 Å². The van der Waals surface area contributed by atoms with Crippen molar-refractivity contribution >= 4 is 21.7 Å². The molecule has 0 N–H and O–H groups in total. The van der Waals surface area contributed by atoms with Crippen LogP contribution in [-0.2, 0) is 5.41 Å². The van der Waals surface area contributed by atoms with Crippen LogP contribution in [0, 0.1) is 0 Å². The van der Waals surface area contributed by atoms with Gasteiger partial charge in [0.25, 0.3) is 0 Å². The van der Waals surface area contributed by atoms with Gasteiger partial charge in [-0.3, -0.25) is 0 Å². The van der Waals surface area contributed by atoms with E-state index in [1.165, 1.54) is 33.0 Å². The molecule has 222 valence electrons. The predicted octanol–water partition coefficient (Wildman–Crippen LogP) is 11.2. The zero-order chi connectivity index (χ0) is 31.5. The van der Waals surface area contributed by atoms with Crippen molar-refractivity contribution in [2.45, 2.75) is 19.3 Å². The molecule has 9 rings (SSSR count). The quantitative estimate of drug-likeness (QED) is 0.188. The minimum Gasteiger partial charge on any atom is -0.247 e. The highest BCUT2D eigenvalue weighted by Crippen LogP contribution is 2.53. The predicted molar refractivity (Wildman–Crippen MR) is 194 cm³/mol. The molecule has 3 nitrogen and oxygen atoms in total. The van der Waals surface area contributed by atoms with Crippen LogP contribution in [0.15, 0.2) is 152 Å². The largest absolute Gasteiger partial charge is 0.247 e. The fourth-order valence-electron chi connectivity index (χ4n) is 7.35. The summed E-state index contributed by atoms with van der Waals surface area (Å²) in [7, 11) is 0. The molecule has 3 heteroatoms. The van der Waals surface area contributed by atoms with Crippen LogP contribution in [0.4, 0.5) is 0 Å². The molecule has 0 radical (unpaired) electrons. The number of para-hydroxylation sites is 1. The average Bonchev–Trinajstić information content (AvgIpc) is 3.38. The summed E-state index contributed by atoms with van der Waals surface area (Å²) in [6, 6.07) is 53.3. The van der Waals surface area contributed by atoms with Crippen LogP contribution in [-0.4, -0.2) is 15.0 Å². The standard InChI is InChI=1S/C44H31N3/c1-44(2)35-22-11-9-20-32(35)41-36(44)25-24-34-40(41)33-21-10-12-23-37(33)45-42(34)31-19-13-18-30(26-31)39-27-38(28-14-5-3-6-15-28)46-43(47-39)29-16-7-4-8-17-29/h3-27H,1-2H3. The molecule has 0 fully saturated rings. The maximum absolute atomic E-state index is 5.32. The Kier molecular flexibility index (Phi) is 6.16. The minimum absolute atomic E-state index is 0.0789. The number of pyridine rings is 1.